The zero-order chi connectivity index (χ0) is 15.3. The van der Waals surface area contributed by atoms with Crippen LogP contribution in [-0.4, -0.2) is 22.6 Å². The molecule has 0 bridgehead atoms. The summed E-state index contributed by atoms with van der Waals surface area (Å²) in [7, 11) is 0. The van der Waals surface area contributed by atoms with E-state index in [0.717, 1.165) is 31.2 Å². The van der Waals surface area contributed by atoms with Crippen molar-refractivity contribution in [3.8, 4) is 6.07 Å². The Balaban J connectivity index is 2.18. The van der Waals surface area contributed by atoms with Crippen LogP contribution in [0.2, 0.25) is 0 Å². The van der Waals surface area contributed by atoms with Crippen LogP contribution in [0.5, 0.6) is 0 Å². The number of hydrogen-bond donors (Lipinski definition) is 2. The molecule has 0 amide bonds. The molecular weight excluding hydrogens is 266 g/mol. The molecule has 1 aliphatic rings. The van der Waals surface area contributed by atoms with Crippen molar-refractivity contribution < 1.29 is 9.90 Å². The van der Waals surface area contributed by atoms with Crippen molar-refractivity contribution in [1.29, 1.82) is 5.26 Å². The second-order valence-electron chi connectivity index (χ2n) is 5.82. The number of carbonyl (C=O) groups is 1. The van der Waals surface area contributed by atoms with Crippen molar-refractivity contribution in [3.63, 3.8) is 0 Å². The zero-order valence-corrected chi connectivity index (χ0v) is 12.4. The highest BCUT2D eigenvalue weighted by atomic mass is 16.4. The summed E-state index contributed by atoms with van der Waals surface area (Å²) in [5.41, 5.74) is 0.598. The topological polar surface area (TPSA) is 86.0 Å². The Morgan fingerprint density at radius 2 is 2.10 bits per heavy atom. The van der Waals surface area contributed by atoms with Gasteiger partial charge in [0.15, 0.2) is 0 Å². The van der Waals surface area contributed by atoms with Crippen LogP contribution in [0.4, 0.5) is 5.82 Å². The van der Waals surface area contributed by atoms with Gasteiger partial charge in [-0.3, -0.25) is 4.79 Å². The Morgan fingerprint density at radius 3 is 2.67 bits per heavy atom. The molecule has 1 aromatic rings. The van der Waals surface area contributed by atoms with Crippen LogP contribution in [0, 0.1) is 23.7 Å². The van der Waals surface area contributed by atoms with Crippen LogP contribution in [0.15, 0.2) is 12.3 Å². The molecule has 1 aliphatic carbocycles. The van der Waals surface area contributed by atoms with E-state index in [0.29, 0.717) is 30.8 Å². The van der Waals surface area contributed by atoms with Crippen molar-refractivity contribution in [2.24, 2.45) is 5.41 Å². The first kappa shape index (κ1) is 15.3. The van der Waals surface area contributed by atoms with Gasteiger partial charge < -0.3 is 10.4 Å². The first-order valence-corrected chi connectivity index (χ1v) is 7.42. The Kier molecular flexibility index (Phi) is 4.79. The van der Waals surface area contributed by atoms with Gasteiger partial charge in [0.1, 0.15) is 11.9 Å². The maximum atomic E-state index is 11.7. The molecular formula is C16H21N3O2. The minimum absolute atomic E-state index is 0.327. The van der Waals surface area contributed by atoms with E-state index in [9.17, 15) is 15.2 Å². The number of nitrogens with one attached hydrogen (secondary N) is 1. The zero-order valence-electron chi connectivity index (χ0n) is 12.4. The molecule has 2 rings (SSSR count). The van der Waals surface area contributed by atoms with E-state index in [4.69, 9.17) is 0 Å². The van der Waals surface area contributed by atoms with Crippen LogP contribution in [0.25, 0.3) is 0 Å². The van der Waals surface area contributed by atoms with Crippen molar-refractivity contribution in [1.82, 2.24) is 4.98 Å². The quantitative estimate of drug-likeness (QED) is 0.831. The largest absolute Gasteiger partial charge is 0.481 e. The van der Waals surface area contributed by atoms with E-state index in [-0.39, 0.29) is 0 Å². The summed E-state index contributed by atoms with van der Waals surface area (Å²) >= 11 is 0. The average molecular weight is 287 g/mol. The number of carboxylic acids is 1. The average Bonchev–Trinajstić information content (AvgIpc) is 2.71. The molecule has 0 atom stereocenters. The summed E-state index contributed by atoms with van der Waals surface area (Å²) < 4.78 is 0. The highest BCUT2D eigenvalue weighted by Crippen LogP contribution is 2.35. The molecule has 1 heterocycles. The standard InChI is InChI=1S/C16H21N3O2/c1-12-6-9-18-14(13(12)10-17)19-11-16(15(20)21)7-4-2-3-5-8-16/h6,9H,2-5,7-8,11H2,1H3,(H,18,19)(H,20,21). The number of aryl methyl sites for hydroxylation is 1. The van der Waals surface area contributed by atoms with Crippen LogP contribution in [-0.2, 0) is 4.79 Å². The fraction of sp³-hybridized carbons (Fsp3) is 0.562. The van der Waals surface area contributed by atoms with Gasteiger partial charge in [0.25, 0.3) is 0 Å². The molecule has 0 radical (unpaired) electrons. The molecule has 0 unspecified atom stereocenters. The summed E-state index contributed by atoms with van der Waals surface area (Å²) in [4.78, 5) is 15.9. The number of rotatable bonds is 4. The molecule has 0 spiro atoms. The van der Waals surface area contributed by atoms with Gasteiger partial charge in [0.05, 0.1) is 11.0 Å². The van der Waals surface area contributed by atoms with E-state index >= 15 is 0 Å². The first-order chi connectivity index (χ1) is 10.1. The van der Waals surface area contributed by atoms with E-state index in [1.54, 1.807) is 12.3 Å². The van der Waals surface area contributed by atoms with Gasteiger partial charge in [0.2, 0.25) is 0 Å². The second-order valence-corrected chi connectivity index (χ2v) is 5.82. The normalized spacial score (nSPS) is 17.5. The van der Waals surface area contributed by atoms with Crippen LogP contribution in [0.1, 0.15) is 49.7 Å². The second kappa shape index (κ2) is 6.57. The third-order valence-corrected chi connectivity index (χ3v) is 4.38. The first-order valence-electron chi connectivity index (χ1n) is 7.42. The third kappa shape index (κ3) is 3.33. The van der Waals surface area contributed by atoms with Crippen LogP contribution < -0.4 is 5.32 Å². The fourth-order valence-corrected chi connectivity index (χ4v) is 2.96. The Labute approximate surface area is 125 Å². The summed E-state index contributed by atoms with van der Waals surface area (Å²) in [5.74, 6) is -0.259. The van der Waals surface area contributed by atoms with Gasteiger partial charge in [-0.1, -0.05) is 25.7 Å². The third-order valence-electron chi connectivity index (χ3n) is 4.38. The summed E-state index contributed by atoms with van der Waals surface area (Å²) in [5, 5.41) is 22.0. The summed E-state index contributed by atoms with van der Waals surface area (Å²) in [6, 6.07) is 3.91. The number of hydrogen-bond acceptors (Lipinski definition) is 4. The molecule has 5 nitrogen and oxygen atoms in total. The van der Waals surface area contributed by atoms with Gasteiger partial charge >= 0.3 is 5.97 Å². The van der Waals surface area contributed by atoms with E-state index in [1.165, 1.54) is 0 Å². The lowest BCUT2D eigenvalue weighted by molar-refractivity contribution is -0.149. The predicted molar refractivity (Wildman–Crippen MR) is 79.9 cm³/mol. The summed E-state index contributed by atoms with van der Waals surface area (Å²) in [6.07, 6.45) is 7.09. The Bertz CT molecular complexity index is 555. The molecule has 1 aromatic heterocycles. The molecule has 1 saturated carbocycles. The number of carboxylic acid groups (broad SMARTS) is 1. The van der Waals surface area contributed by atoms with Crippen LogP contribution in [0.3, 0.4) is 0 Å². The van der Waals surface area contributed by atoms with Crippen molar-refractivity contribution in [2.75, 3.05) is 11.9 Å². The molecule has 112 valence electrons. The maximum Gasteiger partial charge on any atom is 0.311 e. The van der Waals surface area contributed by atoms with E-state index < -0.39 is 11.4 Å². The lowest BCUT2D eigenvalue weighted by Crippen LogP contribution is -2.37. The molecule has 0 aliphatic heterocycles. The molecule has 0 saturated heterocycles. The minimum Gasteiger partial charge on any atom is -0.481 e. The van der Waals surface area contributed by atoms with Gasteiger partial charge in [-0.15, -0.1) is 0 Å². The number of aromatic nitrogens is 1. The summed E-state index contributed by atoms with van der Waals surface area (Å²) in [6.45, 7) is 2.18. The molecule has 1 fully saturated rings. The number of aliphatic carboxylic acids is 1. The molecule has 0 aromatic carbocycles. The Hall–Kier alpha value is -2.09. The monoisotopic (exact) mass is 287 g/mol. The molecule has 21 heavy (non-hydrogen) atoms. The van der Waals surface area contributed by atoms with Crippen molar-refractivity contribution >= 4 is 11.8 Å². The predicted octanol–water partition coefficient (Wildman–Crippen LogP) is 3.10. The van der Waals surface area contributed by atoms with Crippen molar-refractivity contribution in [3.05, 3.63) is 23.4 Å². The number of nitrogens with zero attached hydrogens (tertiary/aromatic N) is 2. The van der Waals surface area contributed by atoms with Gasteiger partial charge in [-0.2, -0.15) is 5.26 Å². The van der Waals surface area contributed by atoms with Crippen molar-refractivity contribution in [2.45, 2.75) is 45.4 Å². The minimum atomic E-state index is -0.747. The van der Waals surface area contributed by atoms with Gasteiger partial charge in [0, 0.05) is 12.7 Å². The number of pyridine rings is 1. The highest BCUT2D eigenvalue weighted by Gasteiger charge is 2.38. The van der Waals surface area contributed by atoms with E-state index in [1.807, 2.05) is 6.92 Å². The molecule has 2 N–H and O–H groups in total. The highest BCUT2D eigenvalue weighted by molar-refractivity contribution is 5.75. The van der Waals surface area contributed by atoms with Crippen LogP contribution >= 0.6 is 0 Å². The number of anilines is 1. The fourth-order valence-electron chi connectivity index (χ4n) is 2.96. The number of nitriles is 1. The molecule has 5 heteroatoms. The Morgan fingerprint density at radius 1 is 1.43 bits per heavy atom. The lowest BCUT2D eigenvalue weighted by atomic mass is 9.80. The van der Waals surface area contributed by atoms with E-state index in [2.05, 4.69) is 16.4 Å². The van der Waals surface area contributed by atoms with Gasteiger partial charge in [-0.05, 0) is 31.4 Å². The maximum absolute atomic E-state index is 11.7. The smallest absolute Gasteiger partial charge is 0.311 e. The SMILES string of the molecule is Cc1ccnc(NCC2(C(=O)O)CCCCCC2)c1C#N. The van der Waals surface area contributed by atoms with Gasteiger partial charge in [-0.25, -0.2) is 4.98 Å². The lowest BCUT2D eigenvalue weighted by Gasteiger charge is -2.28.